The Kier molecular flexibility index (Phi) is 3.46. The number of halogens is 1. The second kappa shape index (κ2) is 4.85. The molecular formula is C12H15ClN2O. The van der Waals surface area contributed by atoms with E-state index in [1.54, 1.807) is 4.90 Å². The molecule has 0 fully saturated rings. The fourth-order valence-corrected chi connectivity index (χ4v) is 2.24. The average Bonchev–Trinajstić information content (AvgIpc) is 2.32. The first-order chi connectivity index (χ1) is 7.76. The van der Waals surface area contributed by atoms with Crippen LogP contribution in [0.5, 0.6) is 0 Å². The number of nitrogens with zero attached hydrogens (tertiary/aromatic N) is 1. The lowest BCUT2D eigenvalue weighted by Crippen LogP contribution is -2.36. The molecule has 1 heterocycles. The Morgan fingerprint density at radius 1 is 1.38 bits per heavy atom. The van der Waals surface area contributed by atoms with E-state index in [-0.39, 0.29) is 5.91 Å². The third-order valence-corrected chi connectivity index (χ3v) is 3.06. The third-order valence-electron chi connectivity index (χ3n) is 2.89. The smallest absolute Gasteiger partial charge is 0.227 e. The van der Waals surface area contributed by atoms with Crippen LogP contribution in [0.2, 0.25) is 0 Å². The van der Waals surface area contributed by atoms with Gasteiger partial charge in [-0.05, 0) is 23.6 Å². The largest absolute Gasteiger partial charge is 0.326 e. The van der Waals surface area contributed by atoms with Crippen molar-refractivity contribution in [3.63, 3.8) is 0 Å². The minimum Gasteiger partial charge on any atom is -0.326 e. The molecule has 1 aliphatic rings. The van der Waals surface area contributed by atoms with Gasteiger partial charge in [0.05, 0.1) is 0 Å². The normalized spacial score (nSPS) is 15.1. The van der Waals surface area contributed by atoms with Crippen LogP contribution < -0.4 is 10.6 Å². The molecule has 1 aromatic carbocycles. The molecule has 0 saturated heterocycles. The molecule has 0 spiro atoms. The van der Waals surface area contributed by atoms with E-state index < -0.39 is 0 Å². The number of anilines is 1. The van der Waals surface area contributed by atoms with Gasteiger partial charge in [0.1, 0.15) is 0 Å². The van der Waals surface area contributed by atoms with E-state index in [2.05, 4.69) is 6.07 Å². The number of carbonyl (C=O) groups is 1. The maximum Gasteiger partial charge on any atom is 0.227 e. The molecule has 16 heavy (non-hydrogen) atoms. The van der Waals surface area contributed by atoms with Gasteiger partial charge in [-0.2, -0.15) is 0 Å². The van der Waals surface area contributed by atoms with Crippen LogP contribution in [-0.2, 0) is 17.8 Å². The van der Waals surface area contributed by atoms with Crippen LogP contribution in [0.1, 0.15) is 17.5 Å². The Balaban J connectivity index is 2.36. The third kappa shape index (κ3) is 2.06. The molecule has 3 nitrogen and oxygen atoms in total. The lowest BCUT2D eigenvalue weighted by molar-refractivity contribution is -0.118. The van der Waals surface area contributed by atoms with Crippen LogP contribution in [0.4, 0.5) is 5.69 Å². The number of aryl methyl sites for hydroxylation is 1. The van der Waals surface area contributed by atoms with Gasteiger partial charge in [-0.3, -0.25) is 4.79 Å². The lowest BCUT2D eigenvalue weighted by atomic mass is 9.99. The standard InChI is InChI=1S/C12H15ClN2O/c13-5-6-15-11-3-1-9(8-14)7-10(11)2-4-12(15)16/h1,3,7H,2,4-6,8,14H2. The summed E-state index contributed by atoms with van der Waals surface area (Å²) >= 11 is 5.71. The van der Waals surface area contributed by atoms with Crippen molar-refractivity contribution in [3.8, 4) is 0 Å². The number of fused-ring (bicyclic) bond motifs is 1. The lowest BCUT2D eigenvalue weighted by Gasteiger charge is -2.29. The molecule has 4 heteroatoms. The molecule has 1 amide bonds. The Labute approximate surface area is 100 Å². The minimum atomic E-state index is 0.161. The molecule has 0 radical (unpaired) electrons. The average molecular weight is 239 g/mol. The van der Waals surface area contributed by atoms with Gasteiger partial charge in [0.15, 0.2) is 0 Å². The molecule has 0 aliphatic carbocycles. The highest BCUT2D eigenvalue weighted by Crippen LogP contribution is 2.28. The number of alkyl halides is 1. The quantitative estimate of drug-likeness (QED) is 0.815. The number of nitrogens with two attached hydrogens (primary N) is 1. The fourth-order valence-electron chi connectivity index (χ4n) is 2.07. The molecule has 0 aromatic heterocycles. The van der Waals surface area contributed by atoms with E-state index in [4.69, 9.17) is 17.3 Å². The number of carbonyl (C=O) groups excluding carboxylic acids is 1. The van der Waals surface area contributed by atoms with E-state index in [1.807, 2.05) is 12.1 Å². The summed E-state index contributed by atoms with van der Waals surface area (Å²) in [6.07, 6.45) is 1.37. The van der Waals surface area contributed by atoms with Crippen LogP contribution >= 0.6 is 11.6 Å². The highest BCUT2D eigenvalue weighted by molar-refractivity contribution is 6.18. The second-order valence-corrected chi connectivity index (χ2v) is 4.28. The monoisotopic (exact) mass is 238 g/mol. The summed E-state index contributed by atoms with van der Waals surface area (Å²) in [5, 5.41) is 0. The molecular weight excluding hydrogens is 224 g/mol. The topological polar surface area (TPSA) is 46.3 Å². The molecule has 0 saturated carbocycles. The van der Waals surface area contributed by atoms with Crippen molar-refractivity contribution >= 4 is 23.2 Å². The number of hydrogen-bond donors (Lipinski definition) is 1. The fraction of sp³-hybridized carbons (Fsp3) is 0.417. The molecule has 0 unspecified atom stereocenters. The molecule has 1 aliphatic heterocycles. The highest BCUT2D eigenvalue weighted by atomic mass is 35.5. The summed E-state index contributed by atoms with van der Waals surface area (Å²) in [4.78, 5) is 13.5. The van der Waals surface area contributed by atoms with E-state index in [0.717, 1.165) is 17.7 Å². The van der Waals surface area contributed by atoms with Crippen molar-refractivity contribution < 1.29 is 4.79 Å². The van der Waals surface area contributed by atoms with Crippen LogP contribution in [0.15, 0.2) is 18.2 Å². The van der Waals surface area contributed by atoms with Crippen molar-refractivity contribution in [3.05, 3.63) is 29.3 Å². The zero-order chi connectivity index (χ0) is 11.5. The van der Waals surface area contributed by atoms with Crippen LogP contribution in [0.3, 0.4) is 0 Å². The molecule has 86 valence electrons. The van der Waals surface area contributed by atoms with E-state index in [9.17, 15) is 4.79 Å². The molecule has 0 bridgehead atoms. The molecule has 2 N–H and O–H groups in total. The van der Waals surface area contributed by atoms with Gasteiger partial charge in [0.25, 0.3) is 0 Å². The predicted octanol–water partition coefficient (Wildman–Crippen LogP) is 1.66. The maximum absolute atomic E-state index is 11.7. The number of amides is 1. The second-order valence-electron chi connectivity index (χ2n) is 3.90. The minimum absolute atomic E-state index is 0.161. The molecule has 2 rings (SSSR count). The highest BCUT2D eigenvalue weighted by Gasteiger charge is 2.23. The van der Waals surface area contributed by atoms with Crippen molar-refractivity contribution in [2.24, 2.45) is 5.73 Å². The first-order valence-electron chi connectivity index (χ1n) is 5.44. The number of benzene rings is 1. The van der Waals surface area contributed by atoms with Crippen molar-refractivity contribution in [1.82, 2.24) is 0 Å². The summed E-state index contributed by atoms with van der Waals surface area (Å²) in [6.45, 7) is 1.12. The Bertz CT molecular complexity index is 406. The molecule has 1 aromatic rings. The van der Waals surface area contributed by atoms with Crippen LogP contribution in [0.25, 0.3) is 0 Å². The van der Waals surface area contributed by atoms with E-state index >= 15 is 0 Å². The Morgan fingerprint density at radius 3 is 2.88 bits per heavy atom. The zero-order valence-electron chi connectivity index (χ0n) is 9.08. The van der Waals surface area contributed by atoms with Crippen molar-refractivity contribution in [1.29, 1.82) is 0 Å². The van der Waals surface area contributed by atoms with Gasteiger partial charge in [0.2, 0.25) is 5.91 Å². The summed E-state index contributed by atoms with van der Waals surface area (Å²) in [5.74, 6) is 0.623. The van der Waals surface area contributed by atoms with E-state index in [1.165, 1.54) is 5.56 Å². The van der Waals surface area contributed by atoms with Gasteiger partial charge in [-0.1, -0.05) is 12.1 Å². The summed E-state index contributed by atoms with van der Waals surface area (Å²) in [5.41, 5.74) is 8.91. The van der Waals surface area contributed by atoms with Crippen molar-refractivity contribution in [2.75, 3.05) is 17.3 Å². The van der Waals surface area contributed by atoms with Gasteiger partial charge >= 0.3 is 0 Å². The molecule has 0 atom stereocenters. The predicted molar refractivity (Wildman–Crippen MR) is 65.7 cm³/mol. The van der Waals surface area contributed by atoms with Gasteiger partial charge in [-0.25, -0.2) is 0 Å². The summed E-state index contributed by atoms with van der Waals surface area (Å²) in [6, 6.07) is 6.03. The van der Waals surface area contributed by atoms with Gasteiger partial charge < -0.3 is 10.6 Å². The summed E-state index contributed by atoms with van der Waals surface area (Å²) < 4.78 is 0. The maximum atomic E-state index is 11.7. The summed E-state index contributed by atoms with van der Waals surface area (Å²) in [7, 11) is 0. The van der Waals surface area contributed by atoms with Crippen LogP contribution in [0, 0.1) is 0 Å². The number of rotatable bonds is 3. The van der Waals surface area contributed by atoms with Crippen LogP contribution in [-0.4, -0.2) is 18.3 Å². The SMILES string of the molecule is NCc1ccc2c(c1)CCC(=O)N2CCCl. The Hall–Kier alpha value is -1.06. The first kappa shape index (κ1) is 11.4. The number of hydrogen-bond acceptors (Lipinski definition) is 2. The van der Waals surface area contributed by atoms with Crippen molar-refractivity contribution in [2.45, 2.75) is 19.4 Å². The van der Waals surface area contributed by atoms with E-state index in [0.29, 0.717) is 25.4 Å². The zero-order valence-corrected chi connectivity index (χ0v) is 9.83. The Morgan fingerprint density at radius 2 is 2.19 bits per heavy atom. The van der Waals surface area contributed by atoms with Gasteiger partial charge in [-0.15, -0.1) is 11.6 Å². The van der Waals surface area contributed by atoms with Gasteiger partial charge in [0, 0.05) is 31.1 Å². The first-order valence-corrected chi connectivity index (χ1v) is 5.98.